The quantitative estimate of drug-likeness (QED) is 0.299. The van der Waals surface area contributed by atoms with Gasteiger partial charge in [-0.15, -0.1) is 0 Å². The lowest BCUT2D eigenvalue weighted by molar-refractivity contribution is 0.102. The van der Waals surface area contributed by atoms with Gasteiger partial charge in [0.15, 0.2) is 11.5 Å². The Kier molecular flexibility index (Phi) is 7.59. The fourth-order valence-corrected chi connectivity index (χ4v) is 3.84. The number of nitrogens with two attached hydrogens (primary N) is 1. The van der Waals surface area contributed by atoms with Crippen molar-refractivity contribution in [3.05, 3.63) is 77.7 Å². The molecule has 8 nitrogen and oxygen atoms in total. The Balaban J connectivity index is 1.45. The normalized spacial score (nSPS) is 11.3. The zero-order valence-electron chi connectivity index (χ0n) is 21.8. The number of hydrogen-bond donors (Lipinski definition) is 2. The van der Waals surface area contributed by atoms with Crippen molar-refractivity contribution in [2.24, 2.45) is 5.73 Å². The number of nitrogens with one attached hydrogen (secondary N) is 1. The average molecular weight is 501 g/mol. The van der Waals surface area contributed by atoms with Gasteiger partial charge in [0, 0.05) is 35.3 Å². The van der Waals surface area contributed by atoms with Crippen LogP contribution in [0.15, 0.2) is 65.2 Å². The lowest BCUT2D eigenvalue weighted by Gasteiger charge is -2.19. The number of hydrogen-bond acceptors (Lipinski definition) is 7. The number of anilines is 1. The van der Waals surface area contributed by atoms with Crippen molar-refractivity contribution in [2.45, 2.75) is 39.7 Å². The summed E-state index contributed by atoms with van der Waals surface area (Å²) in [5, 5.41) is 6.92. The number of carbonyl (C=O) groups is 1. The third kappa shape index (κ3) is 6.54. The Morgan fingerprint density at radius 2 is 1.73 bits per heavy atom. The van der Waals surface area contributed by atoms with E-state index in [1.807, 2.05) is 63.2 Å². The minimum Gasteiger partial charge on any atom is -0.493 e. The number of carbonyl (C=O) groups excluding carboxylic acids is 1. The molecule has 0 saturated heterocycles. The predicted molar refractivity (Wildman–Crippen MR) is 144 cm³/mol. The number of rotatable bonds is 9. The summed E-state index contributed by atoms with van der Waals surface area (Å²) in [4.78, 5) is 17.2. The second-order valence-electron chi connectivity index (χ2n) is 9.65. The first kappa shape index (κ1) is 25.9. The second kappa shape index (κ2) is 10.8. The van der Waals surface area contributed by atoms with Crippen molar-refractivity contribution in [1.82, 2.24) is 10.1 Å². The number of aromatic nitrogens is 2. The van der Waals surface area contributed by atoms with Gasteiger partial charge in [0.25, 0.3) is 5.91 Å². The van der Waals surface area contributed by atoms with E-state index in [1.165, 1.54) is 0 Å². The number of nitrogens with zero attached hydrogens (tertiary/aromatic N) is 2. The number of methoxy groups -OCH3 is 1. The number of aryl methyl sites for hydroxylation is 2. The molecule has 0 aliphatic heterocycles. The van der Waals surface area contributed by atoms with E-state index in [-0.39, 0.29) is 11.4 Å². The second-order valence-corrected chi connectivity index (χ2v) is 9.65. The molecular formula is C29H32N4O4. The monoisotopic (exact) mass is 500 g/mol. The van der Waals surface area contributed by atoms with Crippen LogP contribution in [0, 0.1) is 13.8 Å². The maximum absolute atomic E-state index is 12.9. The van der Waals surface area contributed by atoms with Crippen LogP contribution in [-0.4, -0.2) is 35.3 Å². The molecule has 4 aromatic rings. The number of ether oxygens (including phenoxy) is 2. The fraction of sp³-hybridized carbons (Fsp3) is 0.276. The molecule has 0 radical (unpaired) electrons. The van der Waals surface area contributed by atoms with Crippen LogP contribution in [-0.2, 0) is 0 Å². The predicted octanol–water partition coefficient (Wildman–Crippen LogP) is 5.79. The van der Waals surface area contributed by atoms with E-state index < -0.39 is 0 Å². The van der Waals surface area contributed by atoms with Gasteiger partial charge < -0.3 is 25.0 Å². The Morgan fingerprint density at radius 1 is 1.00 bits per heavy atom. The van der Waals surface area contributed by atoms with Crippen molar-refractivity contribution >= 4 is 11.6 Å². The van der Waals surface area contributed by atoms with Gasteiger partial charge in [-0.3, -0.25) is 4.79 Å². The van der Waals surface area contributed by atoms with Crippen LogP contribution in [0.5, 0.6) is 11.5 Å². The van der Waals surface area contributed by atoms with Crippen LogP contribution in [0.2, 0.25) is 0 Å². The largest absolute Gasteiger partial charge is 0.493 e. The lowest BCUT2D eigenvalue weighted by Crippen LogP contribution is -2.33. The highest BCUT2D eigenvalue weighted by Crippen LogP contribution is 2.31. The summed E-state index contributed by atoms with van der Waals surface area (Å²) >= 11 is 0. The molecule has 3 aromatic carbocycles. The number of benzene rings is 3. The fourth-order valence-electron chi connectivity index (χ4n) is 3.84. The molecule has 1 amide bonds. The SMILES string of the molecule is COc1ccc(NC(=O)c2ccc(-c3ccc(-c4noc(C)n4)cc3C)cc2)cc1OCCC(C)(C)N. The minimum atomic E-state index is -0.334. The molecule has 0 unspecified atom stereocenters. The summed E-state index contributed by atoms with van der Waals surface area (Å²) in [6.07, 6.45) is 0.679. The van der Waals surface area contributed by atoms with Gasteiger partial charge >= 0.3 is 0 Å². The van der Waals surface area contributed by atoms with Gasteiger partial charge in [0.1, 0.15) is 0 Å². The van der Waals surface area contributed by atoms with Crippen molar-refractivity contribution in [3.63, 3.8) is 0 Å². The molecule has 0 aliphatic rings. The number of amides is 1. The molecule has 1 aromatic heterocycles. The molecule has 1 heterocycles. The van der Waals surface area contributed by atoms with Crippen molar-refractivity contribution in [1.29, 1.82) is 0 Å². The Labute approximate surface area is 216 Å². The van der Waals surface area contributed by atoms with Crippen LogP contribution in [0.4, 0.5) is 5.69 Å². The zero-order valence-corrected chi connectivity index (χ0v) is 21.8. The Bertz CT molecular complexity index is 1390. The van der Waals surface area contributed by atoms with Crippen molar-refractivity contribution in [3.8, 4) is 34.0 Å². The molecule has 3 N–H and O–H groups in total. The summed E-state index contributed by atoms with van der Waals surface area (Å²) in [5.74, 6) is 2.02. The third-order valence-electron chi connectivity index (χ3n) is 5.90. The molecule has 0 spiro atoms. The van der Waals surface area contributed by atoms with Crippen LogP contribution >= 0.6 is 0 Å². The molecule has 4 rings (SSSR count). The zero-order chi connectivity index (χ0) is 26.6. The van der Waals surface area contributed by atoms with E-state index in [1.54, 1.807) is 32.2 Å². The van der Waals surface area contributed by atoms with E-state index in [0.717, 1.165) is 22.3 Å². The van der Waals surface area contributed by atoms with Crippen molar-refractivity contribution < 1.29 is 18.8 Å². The topological polar surface area (TPSA) is 112 Å². The smallest absolute Gasteiger partial charge is 0.255 e. The molecule has 192 valence electrons. The van der Waals surface area contributed by atoms with Crippen LogP contribution in [0.1, 0.15) is 42.1 Å². The summed E-state index contributed by atoms with van der Waals surface area (Å²) < 4.78 is 16.3. The highest BCUT2D eigenvalue weighted by atomic mass is 16.5. The molecule has 37 heavy (non-hydrogen) atoms. The summed E-state index contributed by atoms with van der Waals surface area (Å²) in [6, 6.07) is 18.8. The van der Waals surface area contributed by atoms with Crippen molar-refractivity contribution in [2.75, 3.05) is 19.0 Å². The van der Waals surface area contributed by atoms with Gasteiger partial charge in [0.05, 0.1) is 13.7 Å². The van der Waals surface area contributed by atoms with Crippen LogP contribution in [0.3, 0.4) is 0 Å². The molecule has 0 atom stereocenters. The molecule has 8 heteroatoms. The third-order valence-corrected chi connectivity index (χ3v) is 5.90. The van der Waals surface area contributed by atoms with Gasteiger partial charge in [0.2, 0.25) is 11.7 Å². The van der Waals surface area contributed by atoms with E-state index in [2.05, 4.69) is 15.5 Å². The summed E-state index contributed by atoms with van der Waals surface area (Å²) in [5.41, 5.74) is 10.9. The first-order valence-corrected chi connectivity index (χ1v) is 12.1. The summed E-state index contributed by atoms with van der Waals surface area (Å²) in [7, 11) is 1.58. The van der Waals surface area contributed by atoms with E-state index in [4.69, 9.17) is 19.7 Å². The van der Waals surface area contributed by atoms with Crippen LogP contribution < -0.4 is 20.5 Å². The van der Waals surface area contributed by atoms with Gasteiger partial charge in [-0.2, -0.15) is 4.98 Å². The molecule has 0 aliphatic carbocycles. The lowest BCUT2D eigenvalue weighted by atomic mass is 9.97. The molecule has 0 saturated carbocycles. The molecular weight excluding hydrogens is 468 g/mol. The van der Waals surface area contributed by atoms with E-state index in [9.17, 15) is 4.79 Å². The standard InChI is InChI=1S/C29H32N4O4/c1-18-16-22(27-31-19(2)37-33-27)10-12-24(18)20-6-8-21(9-7-20)28(34)32-23-11-13-25(35-5)26(17-23)36-15-14-29(3,4)30/h6-13,16-17H,14-15,30H2,1-5H3,(H,32,34). The maximum Gasteiger partial charge on any atom is 0.255 e. The van der Waals surface area contributed by atoms with Gasteiger partial charge in [-0.25, -0.2) is 0 Å². The van der Waals surface area contributed by atoms with Gasteiger partial charge in [-0.05, 0) is 74.2 Å². The minimum absolute atomic E-state index is 0.217. The highest BCUT2D eigenvalue weighted by molar-refractivity contribution is 6.04. The van der Waals surface area contributed by atoms with E-state index in [0.29, 0.717) is 47.5 Å². The van der Waals surface area contributed by atoms with Gasteiger partial charge in [-0.1, -0.05) is 29.4 Å². The molecule has 0 fully saturated rings. The first-order valence-electron chi connectivity index (χ1n) is 12.1. The first-order chi connectivity index (χ1) is 17.6. The summed E-state index contributed by atoms with van der Waals surface area (Å²) in [6.45, 7) is 8.13. The average Bonchev–Trinajstić information content (AvgIpc) is 3.30. The Morgan fingerprint density at radius 3 is 2.35 bits per heavy atom. The van der Waals surface area contributed by atoms with E-state index >= 15 is 0 Å². The highest BCUT2D eigenvalue weighted by Gasteiger charge is 2.14. The molecule has 0 bridgehead atoms. The maximum atomic E-state index is 12.9. The Hall–Kier alpha value is -4.17. The van der Waals surface area contributed by atoms with Crippen LogP contribution in [0.25, 0.3) is 22.5 Å².